The van der Waals surface area contributed by atoms with Crippen molar-refractivity contribution in [2.24, 2.45) is 18.9 Å². The number of amides is 2. The van der Waals surface area contributed by atoms with Gasteiger partial charge in [-0.15, -0.1) is 0 Å². The molecule has 6 nitrogen and oxygen atoms in total. The fourth-order valence-electron chi connectivity index (χ4n) is 4.09. The van der Waals surface area contributed by atoms with Crippen molar-refractivity contribution in [1.29, 1.82) is 0 Å². The molecule has 2 aliphatic rings. The van der Waals surface area contributed by atoms with Gasteiger partial charge in [0.1, 0.15) is 11.6 Å². The predicted molar refractivity (Wildman–Crippen MR) is 98.4 cm³/mol. The van der Waals surface area contributed by atoms with E-state index >= 15 is 0 Å². The Morgan fingerprint density at radius 1 is 1.27 bits per heavy atom. The molecule has 26 heavy (non-hydrogen) atoms. The molecule has 2 atom stereocenters. The lowest BCUT2D eigenvalue weighted by molar-refractivity contribution is 0.219. The molecule has 138 valence electrons. The van der Waals surface area contributed by atoms with Gasteiger partial charge in [0.2, 0.25) is 0 Å². The molecular formula is C19H24FN5O. The summed E-state index contributed by atoms with van der Waals surface area (Å²) in [5.41, 5.74) is 2.61. The summed E-state index contributed by atoms with van der Waals surface area (Å²) in [5.74, 6) is 1.48. The summed E-state index contributed by atoms with van der Waals surface area (Å²) in [5, 5.41) is 11.0. The maximum absolute atomic E-state index is 13.3. The Balaban J connectivity index is 1.61. The van der Waals surface area contributed by atoms with Crippen LogP contribution in [0.3, 0.4) is 0 Å². The zero-order chi connectivity index (χ0) is 18.3. The first-order valence-electron chi connectivity index (χ1n) is 9.15. The highest BCUT2D eigenvalue weighted by Crippen LogP contribution is 2.33. The second-order valence-corrected chi connectivity index (χ2v) is 7.17. The number of hydrogen-bond donors (Lipinski definition) is 2. The number of rotatable bonds is 3. The zero-order valence-electron chi connectivity index (χ0n) is 15.1. The largest absolute Gasteiger partial charge is 0.324 e. The number of anilines is 1. The first-order valence-corrected chi connectivity index (χ1v) is 9.15. The van der Waals surface area contributed by atoms with Crippen molar-refractivity contribution in [3.8, 4) is 11.1 Å². The molecule has 0 bridgehead atoms. The van der Waals surface area contributed by atoms with Crippen molar-refractivity contribution in [3.63, 3.8) is 0 Å². The SMILES string of the molecule is CCc1nn(C)c(NC(=O)N2C[C@H]3CNC[C@H]3C2)c1-c1ccc(F)cc1. The van der Waals surface area contributed by atoms with E-state index in [0.29, 0.717) is 17.7 Å². The van der Waals surface area contributed by atoms with Gasteiger partial charge in [-0.05, 0) is 36.0 Å². The van der Waals surface area contributed by atoms with Crippen LogP contribution in [0.15, 0.2) is 24.3 Å². The molecule has 1 aromatic heterocycles. The van der Waals surface area contributed by atoms with Crippen molar-refractivity contribution in [2.75, 3.05) is 31.5 Å². The third-order valence-electron chi connectivity index (χ3n) is 5.49. The van der Waals surface area contributed by atoms with Gasteiger partial charge in [-0.1, -0.05) is 19.1 Å². The molecule has 0 saturated carbocycles. The van der Waals surface area contributed by atoms with Gasteiger partial charge >= 0.3 is 6.03 Å². The Hall–Kier alpha value is -2.41. The monoisotopic (exact) mass is 357 g/mol. The van der Waals surface area contributed by atoms with Crippen LogP contribution >= 0.6 is 0 Å². The summed E-state index contributed by atoms with van der Waals surface area (Å²) in [6.45, 7) is 5.57. The second-order valence-electron chi connectivity index (χ2n) is 7.17. The third-order valence-corrected chi connectivity index (χ3v) is 5.49. The summed E-state index contributed by atoms with van der Waals surface area (Å²) in [7, 11) is 1.82. The van der Waals surface area contributed by atoms with E-state index < -0.39 is 0 Å². The Bertz CT molecular complexity index is 804. The number of benzene rings is 1. The molecule has 0 spiro atoms. The number of carbonyl (C=O) groups is 1. The van der Waals surface area contributed by atoms with E-state index in [9.17, 15) is 9.18 Å². The van der Waals surface area contributed by atoms with Crippen LogP contribution in [0.25, 0.3) is 11.1 Å². The smallest absolute Gasteiger partial charge is 0.323 e. The number of nitrogens with zero attached hydrogens (tertiary/aromatic N) is 3. The molecule has 2 aliphatic heterocycles. The average molecular weight is 357 g/mol. The summed E-state index contributed by atoms with van der Waals surface area (Å²) in [6.07, 6.45) is 0.732. The standard InChI is InChI=1S/C19H24FN5O/c1-3-16-17(12-4-6-15(20)7-5-12)18(24(2)23-16)22-19(26)25-10-13-8-21-9-14(13)11-25/h4-7,13-14,21H,3,8-11H2,1-2H3,(H,22,26)/t13-,14+. The van der Waals surface area contributed by atoms with Gasteiger partial charge in [0.05, 0.1) is 5.69 Å². The number of nitrogens with one attached hydrogen (secondary N) is 2. The van der Waals surface area contributed by atoms with E-state index in [0.717, 1.165) is 49.4 Å². The third kappa shape index (κ3) is 2.96. The second kappa shape index (κ2) is 6.72. The highest BCUT2D eigenvalue weighted by molar-refractivity contribution is 5.94. The Morgan fingerprint density at radius 3 is 2.54 bits per heavy atom. The van der Waals surface area contributed by atoms with E-state index in [4.69, 9.17) is 0 Å². The summed E-state index contributed by atoms with van der Waals surface area (Å²) in [4.78, 5) is 14.7. The minimum atomic E-state index is -0.279. The van der Waals surface area contributed by atoms with Crippen molar-refractivity contribution in [3.05, 3.63) is 35.8 Å². The molecule has 7 heteroatoms. The molecule has 2 amide bonds. The Morgan fingerprint density at radius 2 is 1.92 bits per heavy atom. The van der Waals surface area contributed by atoms with E-state index in [1.165, 1.54) is 12.1 Å². The van der Waals surface area contributed by atoms with Gasteiger partial charge in [-0.25, -0.2) is 9.18 Å². The molecule has 0 aliphatic carbocycles. The first-order chi connectivity index (χ1) is 12.6. The predicted octanol–water partition coefficient (Wildman–Crippen LogP) is 2.47. The number of urea groups is 1. The fraction of sp³-hybridized carbons (Fsp3) is 0.474. The highest BCUT2D eigenvalue weighted by Gasteiger charge is 2.38. The van der Waals surface area contributed by atoms with Crippen LogP contribution in [0, 0.1) is 17.7 Å². The molecule has 4 rings (SSSR count). The minimum absolute atomic E-state index is 0.0894. The molecular weight excluding hydrogens is 333 g/mol. The van der Waals surface area contributed by atoms with Crippen LogP contribution in [-0.2, 0) is 13.5 Å². The lowest BCUT2D eigenvalue weighted by atomic mass is 10.0. The van der Waals surface area contributed by atoms with Crippen LogP contribution in [0.1, 0.15) is 12.6 Å². The summed E-state index contributed by atoms with van der Waals surface area (Å²) >= 11 is 0. The molecule has 2 aromatic rings. The number of halogens is 1. The van der Waals surface area contributed by atoms with Crippen LogP contribution < -0.4 is 10.6 Å². The van der Waals surface area contributed by atoms with Crippen LogP contribution in [0.5, 0.6) is 0 Å². The maximum Gasteiger partial charge on any atom is 0.323 e. The maximum atomic E-state index is 13.3. The minimum Gasteiger partial charge on any atom is -0.324 e. The van der Waals surface area contributed by atoms with E-state index in [-0.39, 0.29) is 11.8 Å². The quantitative estimate of drug-likeness (QED) is 0.887. The molecule has 0 radical (unpaired) electrons. The van der Waals surface area contributed by atoms with E-state index in [2.05, 4.69) is 15.7 Å². The molecule has 2 N–H and O–H groups in total. The van der Waals surface area contributed by atoms with Crippen molar-refractivity contribution >= 4 is 11.8 Å². The van der Waals surface area contributed by atoms with Gasteiger partial charge in [0.15, 0.2) is 0 Å². The van der Waals surface area contributed by atoms with Gasteiger partial charge < -0.3 is 10.2 Å². The fourth-order valence-corrected chi connectivity index (χ4v) is 4.09. The number of carbonyl (C=O) groups excluding carboxylic acids is 1. The van der Waals surface area contributed by atoms with Gasteiger partial charge in [0, 0.05) is 38.8 Å². The van der Waals surface area contributed by atoms with Gasteiger partial charge in [0.25, 0.3) is 0 Å². The van der Waals surface area contributed by atoms with Crippen molar-refractivity contribution in [1.82, 2.24) is 20.0 Å². The average Bonchev–Trinajstić information content (AvgIpc) is 3.30. The number of likely N-dealkylation sites (tertiary alicyclic amines) is 1. The number of fused-ring (bicyclic) bond motifs is 1. The summed E-state index contributed by atoms with van der Waals surface area (Å²) < 4.78 is 15.0. The first kappa shape index (κ1) is 17.0. The van der Waals surface area contributed by atoms with Crippen molar-refractivity contribution < 1.29 is 9.18 Å². The van der Waals surface area contributed by atoms with Crippen LogP contribution in [-0.4, -0.2) is 46.9 Å². The topological polar surface area (TPSA) is 62.2 Å². The van der Waals surface area contributed by atoms with Crippen LogP contribution in [0.2, 0.25) is 0 Å². The number of aryl methyl sites for hydroxylation is 2. The molecule has 3 heterocycles. The van der Waals surface area contributed by atoms with Crippen LogP contribution in [0.4, 0.5) is 15.0 Å². The van der Waals surface area contributed by atoms with Crippen molar-refractivity contribution in [2.45, 2.75) is 13.3 Å². The molecule has 0 unspecified atom stereocenters. The van der Waals surface area contributed by atoms with Gasteiger partial charge in [-0.3, -0.25) is 10.00 Å². The van der Waals surface area contributed by atoms with E-state index in [1.807, 2.05) is 18.9 Å². The number of hydrogen-bond acceptors (Lipinski definition) is 3. The molecule has 2 fully saturated rings. The zero-order valence-corrected chi connectivity index (χ0v) is 15.1. The Kier molecular flexibility index (Phi) is 4.40. The van der Waals surface area contributed by atoms with E-state index in [1.54, 1.807) is 16.8 Å². The lowest BCUT2D eigenvalue weighted by Gasteiger charge is -2.19. The highest BCUT2D eigenvalue weighted by atomic mass is 19.1. The number of aromatic nitrogens is 2. The molecule has 2 saturated heterocycles. The van der Waals surface area contributed by atoms with Gasteiger partial charge in [-0.2, -0.15) is 5.10 Å². The normalized spacial score (nSPS) is 21.9. The molecule has 1 aromatic carbocycles. The lowest BCUT2D eigenvalue weighted by Crippen LogP contribution is -2.35. The summed E-state index contributed by atoms with van der Waals surface area (Å²) in [6, 6.07) is 6.23. The Labute approximate surface area is 152 Å².